The van der Waals surface area contributed by atoms with Crippen LogP contribution >= 0.6 is 0 Å². The molecular formula is C29H28O5. The maximum Gasteiger partial charge on any atom is 0.337 e. The molecule has 0 aliphatic carbocycles. The smallest absolute Gasteiger partial charge is 0.337 e. The zero-order valence-corrected chi connectivity index (χ0v) is 19.5. The quantitative estimate of drug-likeness (QED) is 0.169. The van der Waals surface area contributed by atoms with Crippen LogP contribution in [-0.4, -0.2) is 40.2 Å². The summed E-state index contributed by atoms with van der Waals surface area (Å²) in [5, 5.41) is 2.05. The second kappa shape index (κ2) is 11.5. The van der Waals surface area contributed by atoms with Crippen molar-refractivity contribution >= 4 is 16.7 Å². The van der Waals surface area contributed by atoms with Crippen molar-refractivity contribution < 1.29 is 23.7 Å². The Kier molecular flexibility index (Phi) is 7.91. The van der Waals surface area contributed by atoms with E-state index in [4.69, 9.17) is 18.9 Å². The van der Waals surface area contributed by atoms with Crippen LogP contribution in [0.1, 0.15) is 21.5 Å². The topological polar surface area (TPSA) is 54.0 Å². The molecule has 0 aliphatic heterocycles. The molecule has 5 heteroatoms. The van der Waals surface area contributed by atoms with Crippen LogP contribution < -0.4 is 4.74 Å². The SMILES string of the molecule is COCCOCOc1ccc(-c2ccc3cc(C(=O)OC)ccc3c2)cc1Cc1ccccc1. The van der Waals surface area contributed by atoms with Crippen LogP contribution in [0.4, 0.5) is 0 Å². The van der Waals surface area contributed by atoms with Gasteiger partial charge in [0.15, 0.2) is 6.79 Å². The number of hydrogen-bond acceptors (Lipinski definition) is 5. The van der Waals surface area contributed by atoms with E-state index in [0.29, 0.717) is 18.8 Å². The molecule has 34 heavy (non-hydrogen) atoms. The zero-order valence-electron chi connectivity index (χ0n) is 19.5. The van der Waals surface area contributed by atoms with Crippen molar-refractivity contribution in [1.82, 2.24) is 0 Å². The third kappa shape index (κ3) is 5.81. The number of fused-ring (bicyclic) bond motifs is 1. The van der Waals surface area contributed by atoms with Gasteiger partial charge in [-0.15, -0.1) is 0 Å². The Hall–Kier alpha value is -3.67. The van der Waals surface area contributed by atoms with Crippen LogP contribution in [0.25, 0.3) is 21.9 Å². The number of hydrogen-bond donors (Lipinski definition) is 0. The van der Waals surface area contributed by atoms with Gasteiger partial charge in [0.25, 0.3) is 0 Å². The maximum atomic E-state index is 11.8. The number of carbonyl (C=O) groups excluding carboxylic acids is 1. The van der Waals surface area contributed by atoms with Crippen molar-refractivity contribution in [3.05, 3.63) is 102 Å². The van der Waals surface area contributed by atoms with E-state index in [1.54, 1.807) is 13.2 Å². The number of esters is 1. The lowest BCUT2D eigenvalue weighted by atomic mass is 9.96. The number of carbonyl (C=O) groups is 1. The fourth-order valence-corrected chi connectivity index (χ4v) is 3.83. The third-order valence-electron chi connectivity index (χ3n) is 5.62. The first-order valence-electron chi connectivity index (χ1n) is 11.2. The van der Waals surface area contributed by atoms with Gasteiger partial charge in [0.2, 0.25) is 0 Å². The highest BCUT2D eigenvalue weighted by atomic mass is 16.7. The Bertz CT molecular complexity index is 1250. The van der Waals surface area contributed by atoms with Crippen molar-refractivity contribution in [3.8, 4) is 16.9 Å². The van der Waals surface area contributed by atoms with Crippen molar-refractivity contribution in [3.63, 3.8) is 0 Å². The summed E-state index contributed by atoms with van der Waals surface area (Å²) in [5.74, 6) is 0.465. The molecule has 0 aromatic heterocycles. The van der Waals surface area contributed by atoms with Gasteiger partial charge in [-0.1, -0.05) is 54.6 Å². The Labute approximate surface area is 199 Å². The van der Waals surface area contributed by atoms with Crippen LogP contribution in [0.5, 0.6) is 5.75 Å². The van der Waals surface area contributed by atoms with E-state index < -0.39 is 0 Å². The molecule has 0 N–H and O–H groups in total. The van der Waals surface area contributed by atoms with E-state index in [-0.39, 0.29) is 12.8 Å². The van der Waals surface area contributed by atoms with E-state index in [9.17, 15) is 4.79 Å². The third-order valence-corrected chi connectivity index (χ3v) is 5.62. The standard InChI is InChI=1S/C29H28O5/c1-31-14-15-33-20-34-28-13-12-25(19-27(28)16-21-6-4-3-5-7-21)22-8-9-24-18-26(29(30)32-2)11-10-23(24)17-22/h3-13,17-19H,14-16,20H2,1-2H3. The predicted molar refractivity (Wildman–Crippen MR) is 133 cm³/mol. The predicted octanol–water partition coefficient (Wildman–Crippen LogP) is 5.88. The highest BCUT2D eigenvalue weighted by molar-refractivity contribution is 5.96. The molecule has 0 saturated carbocycles. The summed E-state index contributed by atoms with van der Waals surface area (Å²) in [7, 11) is 3.04. The normalized spacial score (nSPS) is 10.9. The van der Waals surface area contributed by atoms with E-state index in [0.717, 1.165) is 39.6 Å². The fourth-order valence-electron chi connectivity index (χ4n) is 3.83. The van der Waals surface area contributed by atoms with Crippen LogP contribution in [0, 0.1) is 0 Å². The highest BCUT2D eigenvalue weighted by Gasteiger charge is 2.10. The van der Waals surface area contributed by atoms with Gasteiger partial charge in [-0.2, -0.15) is 0 Å². The number of benzene rings is 4. The van der Waals surface area contributed by atoms with Gasteiger partial charge < -0.3 is 18.9 Å². The maximum absolute atomic E-state index is 11.8. The molecular weight excluding hydrogens is 428 g/mol. The summed E-state index contributed by atoms with van der Waals surface area (Å²) in [6, 6.07) is 28.4. The lowest BCUT2D eigenvalue weighted by Crippen LogP contribution is -2.09. The lowest BCUT2D eigenvalue weighted by molar-refractivity contribution is -0.00882. The molecule has 0 saturated heterocycles. The minimum absolute atomic E-state index is 0.170. The van der Waals surface area contributed by atoms with Gasteiger partial charge in [0.1, 0.15) is 5.75 Å². The summed E-state index contributed by atoms with van der Waals surface area (Å²) in [5.41, 5.74) is 5.02. The zero-order chi connectivity index (χ0) is 23.8. The molecule has 5 nitrogen and oxygen atoms in total. The minimum atomic E-state index is -0.335. The van der Waals surface area contributed by atoms with Gasteiger partial charge in [0.05, 0.1) is 25.9 Å². The average Bonchev–Trinajstić information content (AvgIpc) is 2.88. The molecule has 0 fully saturated rings. The molecule has 0 aliphatic rings. The monoisotopic (exact) mass is 456 g/mol. The average molecular weight is 457 g/mol. The summed E-state index contributed by atoms with van der Waals surface area (Å²) >= 11 is 0. The van der Waals surface area contributed by atoms with Gasteiger partial charge in [-0.05, 0) is 63.4 Å². The molecule has 4 aromatic rings. The highest BCUT2D eigenvalue weighted by Crippen LogP contribution is 2.31. The van der Waals surface area contributed by atoms with Crippen LogP contribution in [0.15, 0.2) is 84.9 Å². The van der Waals surface area contributed by atoms with Gasteiger partial charge in [0, 0.05) is 13.5 Å². The molecule has 0 bridgehead atoms. The van der Waals surface area contributed by atoms with Crippen LogP contribution in [0.3, 0.4) is 0 Å². The molecule has 4 aromatic carbocycles. The minimum Gasteiger partial charge on any atom is -0.467 e. The molecule has 0 heterocycles. The lowest BCUT2D eigenvalue weighted by Gasteiger charge is -2.14. The fraction of sp³-hybridized carbons (Fsp3) is 0.207. The first-order valence-corrected chi connectivity index (χ1v) is 11.2. The molecule has 174 valence electrons. The largest absolute Gasteiger partial charge is 0.467 e. The van der Waals surface area contributed by atoms with Crippen molar-refractivity contribution in [2.45, 2.75) is 6.42 Å². The van der Waals surface area contributed by atoms with E-state index in [1.807, 2.05) is 42.5 Å². The van der Waals surface area contributed by atoms with Gasteiger partial charge >= 0.3 is 5.97 Å². The second-order valence-electron chi connectivity index (χ2n) is 7.92. The van der Waals surface area contributed by atoms with Crippen molar-refractivity contribution in [2.24, 2.45) is 0 Å². The first kappa shape index (κ1) is 23.5. The molecule has 0 radical (unpaired) electrons. The molecule has 0 amide bonds. The summed E-state index contributed by atoms with van der Waals surface area (Å²) in [4.78, 5) is 11.8. The Balaban J connectivity index is 1.62. The van der Waals surface area contributed by atoms with E-state index in [2.05, 4.69) is 36.4 Å². The Morgan fingerprint density at radius 1 is 0.765 bits per heavy atom. The molecule has 0 unspecified atom stereocenters. The Morgan fingerprint density at radius 3 is 2.29 bits per heavy atom. The number of ether oxygens (including phenoxy) is 4. The Morgan fingerprint density at radius 2 is 1.50 bits per heavy atom. The van der Waals surface area contributed by atoms with Crippen LogP contribution in [-0.2, 0) is 20.6 Å². The summed E-state index contributed by atoms with van der Waals surface area (Å²) in [6.45, 7) is 1.18. The second-order valence-corrected chi connectivity index (χ2v) is 7.92. The molecule has 0 spiro atoms. The van der Waals surface area contributed by atoms with Crippen molar-refractivity contribution in [2.75, 3.05) is 34.2 Å². The van der Waals surface area contributed by atoms with Crippen LogP contribution in [0.2, 0.25) is 0 Å². The molecule has 4 rings (SSSR count). The number of rotatable bonds is 10. The summed E-state index contributed by atoms with van der Waals surface area (Å²) < 4.78 is 21.3. The van der Waals surface area contributed by atoms with Crippen molar-refractivity contribution in [1.29, 1.82) is 0 Å². The first-order chi connectivity index (χ1) is 16.7. The van der Waals surface area contributed by atoms with E-state index >= 15 is 0 Å². The molecule has 0 atom stereocenters. The van der Waals surface area contributed by atoms with Gasteiger partial charge in [-0.3, -0.25) is 0 Å². The summed E-state index contributed by atoms with van der Waals surface area (Å²) in [6.07, 6.45) is 0.748. The van der Waals surface area contributed by atoms with E-state index in [1.165, 1.54) is 12.7 Å². The van der Waals surface area contributed by atoms with Gasteiger partial charge in [-0.25, -0.2) is 4.79 Å². The number of methoxy groups -OCH3 is 2.